The third-order valence-corrected chi connectivity index (χ3v) is 3.10. The number of hydrogen-bond acceptors (Lipinski definition) is 2. The SMILES string of the molecule is OCCCCCN1CCCC(C(F)(F)F)C1. The first-order valence-corrected chi connectivity index (χ1v) is 5.94. The van der Waals surface area contributed by atoms with E-state index in [4.69, 9.17) is 5.11 Å². The smallest absolute Gasteiger partial charge is 0.393 e. The highest BCUT2D eigenvalue weighted by atomic mass is 19.4. The highest BCUT2D eigenvalue weighted by Gasteiger charge is 2.41. The summed E-state index contributed by atoms with van der Waals surface area (Å²) in [7, 11) is 0. The van der Waals surface area contributed by atoms with Gasteiger partial charge in [0.1, 0.15) is 0 Å². The molecule has 2 nitrogen and oxygen atoms in total. The Labute approximate surface area is 94.4 Å². The average Bonchev–Trinajstić information content (AvgIpc) is 2.24. The molecule has 1 saturated heterocycles. The van der Waals surface area contributed by atoms with Crippen LogP contribution in [0.1, 0.15) is 32.1 Å². The minimum Gasteiger partial charge on any atom is -0.396 e. The molecular weight excluding hydrogens is 219 g/mol. The largest absolute Gasteiger partial charge is 0.396 e. The molecule has 1 aliphatic rings. The van der Waals surface area contributed by atoms with E-state index in [1.165, 1.54) is 0 Å². The Morgan fingerprint density at radius 1 is 1.19 bits per heavy atom. The molecule has 0 aromatic carbocycles. The van der Waals surface area contributed by atoms with Crippen molar-refractivity contribution in [2.75, 3.05) is 26.2 Å². The van der Waals surface area contributed by atoms with Gasteiger partial charge >= 0.3 is 6.18 Å². The first-order valence-electron chi connectivity index (χ1n) is 5.94. The van der Waals surface area contributed by atoms with Crippen LogP contribution in [0.2, 0.25) is 0 Å². The predicted molar refractivity (Wildman–Crippen MR) is 56.2 cm³/mol. The lowest BCUT2D eigenvalue weighted by molar-refractivity contribution is -0.186. The second-order valence-corrected chi connectivity index (χ2v) is 4.47. The van der Waals surface area contributed by atoms with Crippen molar-refractivity contribution in [1.82, 2.24) is 4.90 Å². The quantitative estimate of drug-likeness (QED) is 0.745. The van der Waals surface area contributed by atoms with Gasteiger partial charge < -0.3 is 10.0 Å². The summed E-state index contributed by atoms with van der Waals surface area (Å²) < 4.78 is 37.5. The van der Waals surface area contributed by atoms with Crippen molar-refractivity contribution < 1.29 is 18.3 Å². The summed E-state index contributed by atoms with van der Waals surface area (Å²) >= 11 is 0. The zero-order valence-corrected chi connectivity index (χ0v) is 9.47. The lowest BCUT2D eigenvalue weighted by Crippen LogP contribution is -2.42. The van der Waals surface area contributed by atoms with E-state index in [9.17, 15) is 13.2 Å². The Balaban J connectivity index is 2.23. The molecule has 0 aliphatic carbocycles. The second kappa shape index (κ2) is 6.45. The predicted octanol–water partition coefficient (Wildman–Crippen LogP) is 2.42. The van der Waals surface area contributed by atoms with Crippen LogP contribution < -0.4 is 0 Å². The molecule has 1 heterocycles. The zero-order valence-electron chi connectivity index (χ0n) is 9.47. The number of rotatable bonds is 5. The number of hydrogen-bond donors (Lipinski definition) is 1. The monoisotopic (exact) mass is 239 g/mol. The molecule has 1 fully saturated rings. The van der Waals surface area contributed by atoms with Crippen molar-refractivity contribution in [3.8, 4) is 0 Å². The van der Waals surface area contributed by atoms with Gasteiger partial charge in [-0.1, -0.05) is 0 Å². The van der Waals surface area contributed by atoms with Crippen LogP contribution in [-0.4, -0.2) is 42.4 Å². The fourth-order valence-electron chi connectivity index (χ4n) is 2.15. The summed E-state index contributed by atoms with van der Waals surface area (Å²) in [6.45, 7) is 1.84. The summed E-state index contributed by atoms with van der Waals surface area (Å²) in [5.41, 5.74) is 0. The molecule has 1 rings (SSSR count). The third kappa shape index (κ3) is 4.70. The molecule has 0 amide bonds. The van der Waals surface area contributed by atoms with Gasteiger partial charge in [0.2, 0.25) is 0 Å². The highest BCUT2D eigenvalue weighted by molar-refractivity contribution is 4.77. The van der Waals surface area contributed by atoms with Gasteiger partial charge in [0.15, 0.2) is 0 Å². The minimum atomic E-state index is -4.04. The van der Waals surface area contributed by atoms with Gasteiger partial charge in [-0.05, 0) is 45.2 Å². The van der Waals surface area contributed by atoms with E-state index in [-0.39, 0.29) is 19.6 Å². The van der Waals surface area contributed by atoms with Gasteiger partial charge in [-0.15, -0.1) is 0 Å². The Hall–Kier alpha value is -0.290. The van der Waals surface area contributed by atoms with Gasteiger partial charge in [-0.25, -0.2) is 0 Å². The standard InChI is InChI=1S/C11H20F3NO/c12-11(13,14)10-5-4-7-15(9-10)6-2-1-3-8-16/h10,16H,1-9H2. The molecule has 0 radical (unpaired) electrons. The second-order valence-electron chi connectivity index (χ2n) is 4.47. The van der Waals surface area contributed by atoms with Gasteiger partial charge in [-0.2, -0.15) is 13.2 Å². The van der Waals surface area contributed by atoms with Crippen LogP contribution in [0.5, 0.6) is 0 Å². The number of halogens is 3. The Kier molecular flexibility index (Phi) is 5.55. The summed E-state index contributed by atoms with van der Waals surface area (Å²) in [6, 6.07) is 0. The molecule has 0 aromatic rings. The summed E-state index contributed by atoms with van der Waals surface area (Å²) in [5, 5.41) is 8.59. The van der Waals surface area contributed by atoms with Crippen LogP contribution in [0.15, 0.2) is 0 Å². The summed E-state index contributed by atoms with van der Waals surface area (Å²) in [5.74, 6) is -1.14. The molecule has 5 heteroatoms. The molecule has 1 N–H and O–H groups in total. The van der Waals surface area contributed by atoms with Gasteiger partial charge in [0.25, 0.3) is 0 Å². The first kappa shape index (κ1) is 13.8. The maximum absolute atomic E-state index is 12.5. The van der Waals surface area contributed by atoms with Crippen LogP contribution >= 0.6 is 0 Å². The van der Waals surface area contributed by atoms with Crippen molar-refractivity contribution in [2.45, 2.75) is 38.3 Å². The summed E-state index contributed by atoms with van der Waals surface area (Å²) in [6.07, 6.45) is -0.601. The van der Waals surface area contributed by atoms with Gasteiger partial charge in [-0.3, -0.25) is 0 Å². The van der Waals surface area contributed by atoms with Crippen molar-refractivity contribution in [1.29, 1.82) is 0 Å². The van der Waals surface area contributed by atoms with Crippen molar-refractivity contribution in [2.24, 2.45) is 5.92 Å². The molecule has 96 valence electrons. The summed E-state index contributed by atoms with van der Waals surface area (Å²) in [4.78, 5) is 1.90. The fraction of sp³-hybridized carbons (Fsp3) is 1.00. The van der Waals surface area contributed by atoms with Crippen molar-refractivity contribution >= 4 is 0 Å². The van der Waals surface area contributed by atoms with Crippen LogP contribution in [0.3, 0.4) is 0 Å². The lowest BCUT2D eigenvalue weighted by atomic mass is 9.97. The van der Waals surface area contributed by atoms with Gasteiger partial charge in [0, 0.05) is 13.2 Å². The molecule has 0 saturated carbocycles. The number of alkyl halides is 3. The van der Waals surface area contributed by atoms with Crippen LogP contribution in [0.4, 0.5) is 13.2 Å². The van der Waals surface area contributed by atoms with E-state index in [0.29, 0.717) is 6.42 Å². The number of aliphatic hydroxyl groups excluding tert-OH is 1. The maximum atomic E-state index is 12.5. The fourth-order valence-corrected chi connectivity index (χ4v) is 2.15. The number of piperidine rings is 1. The van der Waals surface area contributed by atoms with E-state index in [2.05, 4.69) is 0 Å². The minimum absolute atomic E-state index is 0.155. The van der Waals surface area contributed by atoms with Crippen LogP contribution in [0, 0.1) is 5.92 Å². The molecule has 1 atom stereocenters. The molecular formula is C11H20F3NO. The van der Waals surface area contributed by atoms with E-state index in [1.807, 2.05) is 4.90 Å². The Bertz CT molecular complexity index is 196. The lowest BCUT2D eigenvalue weighted by Gasteiger charge is -2.33. The maximum Gasteiger partial charge on any atom is 0.393 e. The van der Waals surface area contributed by atoms with E-state index >= 15 is 0 Å². The van der Waals surface area contributed by atoms with E-state index < -0.39 is 12.1 Å². The number of unbranched alkanes of at least 4 members (excludes halogenated alkanes) is 2. The Morgan fingerprint density at radius 3 is 2.56 bits per heavy atom. The van der Waals surface area contributed by atoms with Crippen molar-refractivity contribution in [3.63, 3.8) is 0 Å². The van der Waals surface area contributed by atoms with E-state index in [0.717, 1.165) is 32.4 Å². The third-order valence-electron chi connectivity index (χ3n) is 3.10. The number of nitrogens with zero attached hydrogens (tertiary/aromatic N) is 1. The highest BCUT2D eigenvalue weighted by Crippen LogP contribution is 2.33. The Morgan fingerprint density at radius 2 is 1.94 bits per heavy atom. The van der Waals surface area contributed by atoms with E-state index in [1.54, 1.807) is 0 Å². The van der Waals surface area contributed by atoms with Gasteiger partial charge in [0.05, 0.1) is 5.92 Å². The topological polar surface area (TPSA) is 23.5 Å². The molecule has 0 aromatic heterocycles. The molecule has 0 spiro atoms. The first-order chi connectivity index (χ1) is 7.54. The molecule has 1 unspecified atom stereocenters. The zero-order chi connectivity index (χ0) is 12.0. The number of likely N-dealkylation sites (tertiary alicyclic amines) is 1. The normalized spacial score (nSPS) is 23.6. The molecule has 1 aliphatic heterocycles. The molecule has 0 bridgehead atoms. The van der Waals surface area contributed by atoms with Crippen LogP contribution in [-0.2, 0) is 0 Å². The number of aliphatic hydroxyl groups is 1. The van der Waals surface area contributed by atoms with Crippen molar-refractivity contribution in [3.05, 3.63) is 0 Å². The average molecular weight is 239 g/mol. The van der Waals surface area contributed by atoms with Crippen LogP contribution in [0.25, 0.3) is 0 Å². The molecule has 16 heavy (non-hydrogen) atoms.